The van der Waals surface area contributed by atoms with Crippen LogP contribution in [0.2, 0.25) is 0 Å². The molecule has 3 N–H and O–H groups in total. The van der Waals surface area contributed by atoms with Crippen LogP contribution in [0.15, 0.2) is 145 Å². The summed E-state index contributed by atoms with van der Waals surface area (Å²) < 4.78 is 17.4. The van der Waals surface area contributed by atoms with Crippen LogP contribution in [0.4, 0.5) is 5.69 Å². The lowest BCUT2D eigenvalue weighted by molar-refractivity contribution is -0.195. The molecule has 5 aliphatic heterocycles. The van der Waals surface area contributed by atoms with Crippen molar-refractivity contribution in [1.82, 2.24) is 25.3 Å². The number of nitrogens with two attached hydrogens (primary N) is 1. The first-order valence-corrected chi connectivity index (χ1v) is 35.2. The molecule has 0 atom stereocenters. The minimum atomic E-state index is -0.928. The van der Waals surface area contributed by atoms with Crippen LogP contribution in [0.3, 0.4) is 0 Å². The quantitative estimate of drug-likeness (QED) is 0.0109. The predicted molar refractivity (Wildman–Crippen MR) is 395 cm³/mol. The van der Waals surface area contributed by atoms with Crippen LogP contribution in [0.1, 0.15) is 98.9 Å². The van der Waals surface area contributed by atoms with E-state index >= 15 is 0 Å². The molecule has 10 amide bonds. The number of halogens is 5. The zero-order valence-electron chi connectivity index (χ0n) is 58.3. The lowest BCUT2D eigenvalue weighted by atomic mass is 10.1. The van der Waals surface area contributed by atoms with E-state index in [4.69, 9.17) is 44.5 Å². The van der Waals surface area contributed by atoms with E-state index in [-0.39, 0.29) is 83.2 Å². The van der Waals surface area contributed by atoms with Crippen LogP contribution >= 0.6 is 88.3 Å². The van der Waals surface area contributed by atoms with Gasteiger partial charge in [-0.3, -0.25) is 86.9 Å². The summed E-state index contributed by atoms with van der Waals surface area (Å²) in [5, 5.41) is 2.94. The minimum absolute atomic E-state index is 0.00231. The van der Waals surface area contributed by atoms with E-state index < -0.39 is 112 Å². The number of rotatable bonds is 21. The molecule has 109 heavy (non-hydrogen) atoms. The molecule has 8 rings (SSSR count). The van der Waals surface area contributed by atoms with Crippen LogP contribution in [-0.2, 0) is 125 Å². The number of ether oxygens (including phenoxy) is 4. The molecular weight excluding hydrogens is 1680 g/mol. The summed E-state index contributed by atoms with van der Waals surface area (Å²) in [6.45, 7) is 18.8. The normalized spacial score (nSPS) is 13.0. The lowest BCUT2D eigenvalue weighted by Crippen LogP contribution is -2.36. The Balaban J connectivity index is 0. The summed E-state index contributed by atoms with van der Waals surface area (Å²) in [6, 6.07) is 18.0. The fraction of sp³-hybridized carbons (Fsp3) is 0.254. The van der Waals surface area contributed by atoms with E-state index in [1.165, 1.54) is 73.9 Å². The van der Waals surface area contributed by atoms with Gasteiger partial charge in [0.05, 0.1) is 23.0 Å². The highest BCUT2D eigenvalue weighted by atomic mass is 79.9. The van der Waals surface area contributed by atoms with Crippen molar-refractivity contribution >= 4 is 222 Å². The number of hydrogen-bond donors (Lipinski definition) is 2. The largest absolute Gasteiger partial charge is 0.396 e. The van der Waals surface area contributed by atoms with Crippen molar-refractivity contribution in [3.8, 4) is 0 Å². The van der Waals surface area contributed by atoms with Crippen molar-refractivity contribution in [3.63, 3.8) is 0 Å². The minimum Gasteiger partial charge on any atom is -0.396 e. The van der Waals surface area contributed by atoms with E-state index in [1.54, 1.807) is 49.5 Å². The summed E-state index contributed by atoms with van der Waals surface area (Å²) in [5.41, 5.74) is 2.46. The number of pyridine rings is 1. The number of nitrogens with zero attached hydrogens (tertiary/aromatic N) is 5. The molecule has 586 valence electrons. The molecule has 0 saturated carbocycles. The Morgan fingerprint density at radius 2 is 1.11 bits per heavy atom. The number of methoxy groups -OCH3 is 2. The van der Waals surface area contributed by atoms with Crippen LogP contribution in [0.25, 0.3) is 6.08 Å². The van der Waals surface area contributed by atoms with Gasteiger partial charge >= 0.3 is 42.3 Å². The Morgan fingerprint density at radius 1 is 0.642 bits per heavy atom. The Morgan fingerprint density at radius 3 is 1.45 bits per heavy atom. The number of imide groups is 5. The topological polar surface area (TPSA) is 487 Å². The number of carbonyl (C=O) groups is 21. The van der Waals surface area contributed by atoms with Gasteiger partial charge in [-0.2, -0.15) is 5.90 Å². The fourth-order valence-corrected chi connectivity index (χ4v) is 8.21. The van der Waals surface area contributed by atoms with Crippen LogP contribution in [0, 0.1) is 0 Å². The van der Waals surface area contributed by atoms with Crippen molar-refractivity contribution < 1.29 is 134 Å². The number of hydrogen-bond acceptors (Lipinski definition) is 32. The van der Waals surface area contributed by atoms with Crippen molar-refractivity contribution in [3.05, 3.63) is 157 Å². The van der Waals surface area contributed by atoms with Gasteiger partial charge in [0, 0.05) is 112 Å². The first kappa shape index (κ1) is 101. The second kappa shape index (κ2) is 55.9. The fourth-order valence-electron chi connectivity index (χ4n) is 6.27. The monoisotopic (exact) mass is 1750 g/mol. The average Bonchev–Trinajstić information content (AvgIpc) is 1.73. The molecule has 3 fully saturated rings. The van der Waals surface area contributed by atoms with Crippen LogP contribution in [0.5, 0.6) is 0 Å². The van der Waals surface area contributed by atoms with Gasteiger partial charge < -0.3 is 33.5 Å². The molecule has 0 spiro atoms. The number of hydroxylamine groups is 4. The smallest absolute Gasteiger partial charge is 0.363 e. The molecule has 5 aliphatic rings. The van der Waals surface area contributed by atoms with Gasteiger partial charge in [0.15, 0.2) is 6.29 Å². The summed E-state index contributed by atoms with van der Waals surface area (Å²) in [6.07, 6.45) is 8.28. The number of amides is 10. The van der Waals surface area contributed by atoms with Crippen LogP contribution in [-0.4, -0.2) is 180 Å². The maximum Gasteiger partial charge on any atom is 0.363 e. The molecule has 0 radical (unpaired) electrons. The first-order chi connectivity index (χ1) is 51.1. The Hall–Kier alpha value is -10.5. The molecule has 0 unspecified atom stereocenters. The summed E-state index contributed by atoms with van der Waals surface area (Å²) in [5.74, 6) is -4.38. The number of carbonyl (C=O) groups excluding carboxylic acids is 21. The highest BCUT2D eigenvalue weighted by Crippen LogP contribution is 2.29. The first-order valence-electron chi connectivity index (χ1n) is 29.9. The zero-order chi connectivity index (χ0) is 83.6. The third-order valence-electron chi connectivity index (χ3n) is 11.4. The lowest BCUT2D eigenvalue weighted by Gasteiger charge is -2.16. The van der Waals surface area contributed by atoms with Gasteiger partial charge in [-0.05, 0) is 130 Å². The van der Waals surface area contributed by atoms with E-state index in [0.717, 1.165) is 51.6 Å². The van der Waals surface area contributed by atoms with Gasteiger partial charge in [-0.15, -0.1) is 10.1 Å². The van der Waals surface area contributed by atoms with Crippen molar-refractivity contribution in [2.45, 2.75) is 84.0 Å². The highest BCUT2D eigenvalue weighted by Gasteiger charge is 2.35. The summed E-state index contributed by atoms with van der Waals surface area (Å²) >= 11 is 20.7. The second-order valence-corrected chi connectivity index (χ2v) is 24.9. The van der Waals surface area contributed by atoms with E-state index in [2.05, 4.69) is 98.2 Å². The van der Waals surface area contributed by atoms with Gasteiger partial charge in [-0.1, -0.05) is 83.4 Å². The number of allylic oxidation sites excluding steroid dienone is 1. The average molecular weight is 1750 g/mol. The van der Waals surface area contributed by atoms with E-state index in [1.807, 2.05) is 12.1 Å². The molecule has 42 heteroatoms. The molecule has 6 heterocycles. The summed E-state index contributed by atoms with van der Waals surface area (Å²) in [4.78, 5) is 244. The molecule has 1 aromatic heterocycles. The van der Waals surface area contributed by atoms with Gasteiger partial charge in [0.2, 0.25) is 27.0 Å². The van der Waals surface area contributed by atoms with Crippen LogP contribution < -0.4 is 16.1 Å². The summed E-state index contributed by atoms with van der Waals surface area (Å²) in [7, 11) is 5.46. The Bertz CT molecular complexity index is 3870. The number of aromatic nitrogens is 1. The molecule has 3 saturated heterocycles. The number of anilines is 1. The van der Waals surface area contributed by atoms with E-state index in [9.17, 15) is 101 Å². The molecule has 3 aromatic rings. The predicted octanol–water partition coefficient (Wildman–Crippen LogP) is 6.53. The SMILES string of the molecule is C=C(C)C(=O)Cl.C=C(C)C(=O)OC(=O)C(=C)C.C=Cc1ccc(C(=O)Cl)cc1.CC(=O)OC=O.COC(CC(=O)Cl)OC.NOC(=O)CN1C(=O)C=CC1=O.O=C(Br)CBr.O=C(CSSc1ccccn1)ON1C(=O)CCC1=O.O=C(ON1C(=O)CCC1=O)c1cccc(N2C(=O)C=CC2=O)c1.O=C1CCC(=O)N1. The highest BCUT2D eigenvalue weighted by molar-refractivity contribution is 9.19. The molecule has 0 aliphatic carbocycles. The van der Waals surface area contributed by atoms with Gasteiger partial charge in [0.25, 0.3) is 52.5 Å². The molecular formula is C67H68Br2Cl3N7O28S2. The number of esters is 3. The maximum absolute atomic E-state index is 12.0. The van der Waals surface area contributed by atoms with E-state index in [0.29, 0.717) is 39.4 Å². The Labute approximate surface area is 660 Å². The maximum atomic E-state index is 12.0. The molecule has 2 aromatic carbocycles. The van der Waals surface area contributed by atoms with Crippen molar-refractivity contribution in [1.29, 1.82) is 0 Å². The standard InChI is InChI=1S/C15H10N2O6.C11H10N2O4S2.C9H7ClO.C8H10O3.C6H6N2O4.C5H9ClO3.C4H5ClO.C4H5NO2.C3H4O3.C2H2Br2O/c18-11-4-5-12(19)16(11)10-3-1-2-9(8-10)15(22)23-17-13(20)6-7-14(17)21;14-9-4-5-10(15)13(9)17-11(16)7-18-19-8-3-1-2-6-12-8;1-2-7-3-5-8(6-4-7)9(10)11;1-5(2)7(9)11-8(10)6(3)4;7-12-6(11)3-8-4(9)1-2-5(8)10;1-8-5(9-2)3-4(6)7;1-3(2)4(5)6;6-3-1-2-4(7)5-3;1-3(5)6-2-4;3-1-2(4)5/h1-5,8H,6-7H2;1-3,6H,4-5,7H2;2-6H,1H2;1,3H2,2,4H3;1-2H,3,7H2;5H,3H2,1-2H3;1H2,2H3;1-2H2,(H,5,6,7);2H,1H3;1H2. The van der Waals surface area contributed by atoms with Gasteiger partial charge in [0.1, 0.15) is 17.3 Å². The van der Waals surface area contributed by atoms with Gasteiger partial charge in [-0.25, -0.2) is 33.9 Å². The Kier molecular flexibility index (Phi) is 51.5. The molecule has 0 bridgehead atoms. The third kappa shape index (κ3) is 44.4. The van der Waals surface area contributed by atoms with Crippen molar-refractivity contribution in [2.24, 2.45) is 5.90 Å². The number of nitrogens with one attached hydrogen (secondary N) is 1. The van der Waals surface area contributed by atoms with Crippen molar-refractivity contribution in [2.75, 3.05) is 36.7 Å². The third-order valence-corrected chi connectivity index (χ3v) is 15.8. The molecule has 35 nitrogen and oxygen atoms in total. The zero-order valence-corrected chi connectivity index (χ0v) is 65.4. The second-order valence-electron chi connectivity index (χ2n) is 20.0. The number of alkyl halides is 1. The number of benzene rings is 2.